The molecule has 1 atom stereocenters. The van der Waals surface area contributed by atoms with E-state index in [1.54, 1.807) is 18.2 Å². The third-order valence-corrected chi connectivity index (χ3v) is 3.19. The second-order valence-corrected chi connectivity index (χ2v) is 4.98. The molecule has 0 aliphatic rings. The zero-order valence-electron chi connectivity index (χ0n) is 12.7. The number of alkyl halides is 2. The molecule has 2 N–H and O–H groups in total. The number of halogens is 2. The summed E-state index contributed by atoms with van der Waals surface area (Å²) in [7, 11) is 1.36. The van der Waals surface area contributed by atoms with Crippen LogP contribution >= 0.6 is 0 Å². The van der Waals surface area contributed by atoms with Crippen molar-refractivity contribution in [3.8, 4) is 5.75 Å². The average Bonchev–Trinajstić information content (AvgIpc) is 2.45. The number of nitrogens with two attached hydrogens (primary N) is 1. The summed E-state index contributed by atoms with van der Waals surface area (Å²) in [6.07, 6.45) is 0. The van der Waals surface area contributed by atoms with Crippen molar-refractivity contribution in [3.05, 3.63) is 29.3 Å². The molecule has 0 saturated heterocycles. The van der Waals surface area contributed by atoms with Gasteiger partial charge in [0.1, 0.15) is 11.8 Å². The van der Waals surface area contributed by atoms with Crippen molar-refractivity contribution in [3.63, 3.8) is 0 Å². The molecule has 21 heavy (non-hydrogen) atoms. The van der Waals surface area contributed by atoms with Gasteiger partial charge in [-0.2, -0.15) is 8.78 Å². The fourth-order valence-electron chi connectivity index (χ4n) is 1.90. The lowest BCUT2D eigenvalue weighted by molar-refractivity contribution is -0.174. The Bertz CT molecular complexity index is 504. The number of methoxy groups -OCH3 is 1. The Balaban J connectivity index is 3.23. The van der Waals surface area contributed by atoms with Crippen molar-refractivity contribution in [1.82, 2.24) is 0 Å². The number of hydrogen-bond donors (Lipinski definition) is 1. The first-order chi connectivity index (χ1) is 9.75. The second kappa shape index (κ2) is 6.85. The van der Waals surface area contributed by atoms with E-state index in [-0.39, 0.29) is 23.8 Å². The van der Waals surface area contributed by atoms with Gasteiger partial charge >= 0.3 is 11.9 Å². The van der Waals surface area contributed by atoms with Crippen LogP contribution in [-0.2, 0) is 9.53 Å². The molecule has 0 saturated carbocycles. The highest BCUT2D eigenvalue weighted by molar-refractivity contribution is 5.79. The summed E-state index contributed by atoms with van der Waals surface area (Å²) in [6.45, 7) is 5.19. The van der Waals surface area contributed by atoms with E-state index in [1.165, 1.54) is 14.0 Å². The Labute approximate surface area is 123 Å². The van der Waals surface area contributed by atoms with Gasteiger partial charge < -0.3 is 15.2 Å². The molecule has 1 aromatic carbocycles. The van der Waals surface area contributed by atoms with Crippen molar-refractivity contribution in [2.45, 2.75) is 38.7 Å². The summed E-state index contributed by atoms with van der Waals surface area (Å²) in [4.78, 5) is 11.4. The number of ether oxygens (including phenoxy) is 2. The molecule has 0 amide bonds. The van der Waals surface area contributed by atoms with Crippen molar-refractivity contribution in [2.24, 2.45) is 5.73 Å². The van der Waals surface area contributed by atoms with Crippen molar-refractivity contribution in [1.29, 1.82) is 0 Å². The molecule has 118 valence electrons. The van der Waals surface area contributed by atoms with Crippen LogP contribution in [0.1, 0.15) is 43.9 Å². The Morgan fingerprint density at radius 2 is 2.00 bits per heavy atom. The normalized spacial score (nSPS) is 13.1. The standard InChI is InChI=1S/C15H21F2NO3/c1-5-21-14(19)15(16,17)13(18)11-8-10(9(2)3)6-7-12(11)20-4/h6-9,13H,5,18H2,1-4H3/t13-/m1/s1. The number of hydrogen-bond acceptors (Lipinski definition) is 4. The number of rotatable bonds is 6. The Kier molecular flexibility index (Phi) is 5.66. The minimum absolute atomic E-state index is 0.0850. The van der Waals surface area contributed by atoms with Crippen LogP contribution < -0.4 is 10.5 Å². The SMILES string of the molecule is CCOC(=O)C(F)(F)[C@H](N)c1cc(C(C)C)ccc1OC. The van der Waals surface area contributed by atoms with Crippen LogP contribution in [0, 0.1) is 0 Å². The van der Waals surface area contributed by atoms with Gasteiger partial charge in [-0.05, 0) is 24.5 Å². The highest BCUT2D eigenvalue weighted by Crippen LogP contribution is 2.37. The molecule has 0 aliphatic heterocycles. The van der Waals surface area contributed by atoms with Gasteiger partial charge in [-0.1, -0.05) is 26.0 Å². The van der Waals surface area contributed by atoms with Gasteiger partial charge in [-0.3, -0.25) is 0 Å². The summed E-state index contributed by atoms with van der Waals surface area (Å²) in [6, 6.07) is 3.07. The van der Waals surface area contributed by atoms with Crippen LogP contribution in [0.3, 0.4) is 0 Å². The molecule has 0 heterocycles. The highest BCUT2D eigenvalue weighted by atomic mass is 19.3. The molecular weight excluding hydrogens is 280 g/mol. The largest absolute Gasteiger partial charge is 0.496 e. The predicted octanol–water partition coefficient (Wildman–Crippen LogP) is 3.02. The zero-order valence-corrected chi connectivity index (χ0v) is 12.7. The van der Waals surface area contributed by atoms with Gasteiger partial charge in [-0.25, -0.2) is 4.79 Å². The van der Waals surface area contributed by atoms with E-state index in [4.69, 9.17) is 10.5 Å². The van der Waals surface area contributed by atoms with Gasteiger partial charge in [0.05, 0.1) is 13.7 Å². The molecule has 0 aromatic heterocycles. The number of esters is 1. The molecule has 0 unspecified atom stereocenters. The maximum absolute atomic E-state index is 14.1. The van der Waals surface area contributed by atoms with E-state index < -0.39 is 17.9 Å². The Morgan fingerprint density at radius 3 is 2.48 bits per heavy atom. The molecular formula is C15H21F2NO3. The van der Waals surface area contributed by atoms with Crippen LogP contribution in [0.4, 0.5) is 8.78 Å². The van der Waals surface area contributed by atoms with E-state index in [0.29, 0.717) is 0 Å². The first-order valence-corrected chi connectivity index (χ1v) is 6.74. The second-order valence-electron chi connectivity index (χ2n) is 4.98. The lowest BCUT2D eigenvalue weighted by Crippen LogP contribution is -2.42. The monoisotopic (exact) mass is 301 g/mol. The van der Waals surface area contributed by atoms with Gasteiger partial charge in [0, 0.05) is 5.56 Å². The van der Waals surface area contributed by atoms with E-state index in [0.717, 1.165) is 5.56 Å². The maximum atomic E-state index is 14.1. The van der Waals surface area contributed by atoms with Crippen LogP contribution in [0.2, 0.25) is 0 Å². The smallest absolute Gasteiger partial charge is 0.379 e. The maximum Gasteiger partial charge on any atom is 0.379 e. The summed E-state index contributed by atoms with van der Waals surface area (Å²) in [5, 5.41) is 0. The summed E-state index contributed by atoms with van der Waals surface area (Å²) in [5.41, 5.74) is 6.54. The molecule has 0 fully saturated rings. The van der Waals surface area contributed by atoms with E-state index >= 15 is 0 Å². The highest BCUT2D eigenvalue weighted by Gasteiger charge is 2.48. The van der Waals surface area contributed by atoms with Gasteiger partial charge in [-0.15, -0.1) is 0 Å². The summed E-state index contributed by atoms with van der Waals surface area (Å²) in [5.74, 6) is -5.10. The fraction of sp³-hybridized carbons (Fsp3) is 0.533. The number of benzene rings is 1. The molecule has 1 rings (SSSR count). The van der Waals surface area contributed by atoms with Crippen LogP contribution in [0.15, 0.2) is 18.2 Å². The quantitative estimate of drug-likeness (QED) is 0.820. The predicted molar refractivity (Wildman–Crippen MR) is 75.6 cm³/mol. The topological polar surface area (TPSA) is 61.5 Å². The first-order valence-electron chi connectivity index (χ1n) is 6.74. The molecule has 0 bridgehead atoms. The third-order valence-electron chi connectivity index (χ3n) is 3.19. The third kappa shape index (κ3) is 3.69. The zero-order chi connectivity index (χ0) is 16.2. The molecule has 0 radical (unpaired) electrons. The van der Waals surface area contributed by atoms with Crippen LogP contribution in [0.25, 0.3) is 0 Å². The Morgan fingerprint density at radius 1 is 1.38 bits per heavy atom. The van der Waals surface area contributed by atoms with Gasteiger partial charge in [0.15, 0.2) is 0 Å². The molecule has 6 heteroatoms. The van der Waals surface area contributed by atoms with Crippen LogP contribution in [0.5, 0.6) is 5.75 Å². The first kappa shape index (κ1) is 17.4. The molecule has 4 nitrogen and oxygen atoms in total. The molecule has 1 aromatic rings. The summed E-state index contributed by atoms with van der Waals surface area (Å²) >= 11 is 0. The van der Waals surface area contributed by atoms with Crippen molar-refractivity contribution in [2.75, 3.05) is 13.7 Å². The molecule has 0 aliphatic carbocycles. The fourth-order valence-corrected chi connectivity index (χ4v) is 1.90. The minimum atomic E-state index is -3.82. The lowest BCUT2D eigenvalue weighted by Gasteiger charge is -2.24. The average molecular weight is 301 g/mol. The lowest BCUT2D eigenvalue weighted by atomic mass is 9.94. The van der Waals surface area contributed by atoms with Crippen molar-refractivity contribution < 1.29 is 23.0 Å². The van der Waals surface area contributed by atoms with Crippen LogP contribution in [-0.4, -0.2) is 25.6 Å². The van der Waals surface area contributed by atoms with Crippen molar-refractivity contribution >= 4 is 5.97 Å². The van der Waals surface area contributed by atoms with E-state index in [2.05, 4.69) is 4.74 Å². The minimum Gasteiger partial charge on any atom is -0.496 e. The van der Waals surface area contributed by atoms with Gasteiger partial charge in [0.25, 0.3) is 0 Å². The number of carbonyl (C=O) groups excluding carboxylic acids is 1. The number of carbonyl (C=O) groups is 1. The van der Waals surface area contributed by atoms with E-state index in [9.17, 15) is 13.6 Å². The van der Waals surface area contributed by atoms with Gasteiger partial charge in [0.2, 0.25) is 0 Å². The summed E-state index contributed by atoms with van der Waals surface area (Å²) < 4.78 is 37.6. The van der Waals surface area contributed by atoms with E-state index in [1.807, 2.05) is 13.8 Å². The molecule has 0 spiro atoms. The Hall–Kier alpha value is -1.69.